The van der Waals surface area contributed by atoms with E-state index in [1.807, 2.05) is 70.1 Å². The average molecular weight is 356 g/mol. The summed E-state index contributed by atoms with van der Waals surface area (Å²) in [6.07, 6.45) is 5.27. The van der Waals surface area contributed by atoms with Crippen molar-refractivity contribution in [3.05, 3.63) is 66.4 Å². The van der Waals surface area contributed by atoms with Gasteiger partial charge in [-0.05, 0) is 24.6 Å². The minimum absolute atomic E-state index is 0.0977. The Bertz CT molecular complexity index is 1130. The SMILES string of the molecule is O=C(c1cn2c(-c3ccccc3)nnc2c2ccccc12)N1CCCCC1. The summed E-state index contributed by atoms with van der Waals surface area (Å²) in [5.74, 6) is 0.851. The van der Waals surface area contributed by atoms with Crippen LogP contribution in [0.4, 0.5) is 0 Å². The molecule has 0 aliphatic carbocycles. The van der Waals surface area contributed by atoms with Crippen LogP contribution in [0.1, 0.15) is 29.6 Å². The molecule has 2 aromatic carbocycles. The van der Waals surface area contributed by atoms with E-state index in [9.17, 15) is 4.79 Å². The molecular weight excluding hydrogens is 336 g/mol. The van der Waals surface area contributed by atoms with Crippen molar-refractivity contribution in [1.29, 1.82) is 0 Å². The summed E-state index contributed by atoms with van der Waals surface area (Å²) in [6.45, 7) is 1.66. The predicted molar refractivity (Wildman–Crippen MR) is 106 cm³/mol. The molecule has 1 saturated heterocycles. The highest BCUT2D eigenvalue weighted by Gasteiger charge is 2.22. The Morgan fingerprint density at radius 3 is 2.30 bits per heavy atom. The first-order valence-corrected chi connectivity index (χ1v) is 9.44. The van der Waals surface area contributed by atoms with Gasteiger partial charge in [-0.2, -0.15) is 0 Å². The second-order valence-electron chi connectivity index (χ2n) is 7.02. The molecule has 0 radical (unpaired) electrons. The van der Waals surface area contributed by atoms with E-state index >= 15 is 0 Å². The van der Waals surface area contributed by atoms with E-state index in [1.54, 1.807) is 0 Å². The van der Waals surface area contributed by atoms with Crippen LogP contribution in [0.5, 0.6) is 0 Å². The zero-order valence-corrected chi connectivity index (χ0v) is 15.0. The molecule has 5 heteroatoms. The van der Waals surface area contributed by atoms with Crippen LogP contribution in [0.3, 0.4) is 0 Å². The van der Waals surface area contributed by atoms with Crippen LogP contribution < -0.4 is 0 Å². The summed E-state index contributed by atoms with van der Waals surface area (Å²) >= 11 is 0. The number of likely N-dealkylation sites (tertiary alicyclic amines) is 1. The molecule has 5 rings (SSSR count). The van der Waals surface area contributed by atoms with Gasteiger partial charge in [0.15, 0.2) is 11.5 Å². The number of hydrogen-bond acceptors (Lipinski definition) is 3. The topological polar surface area (TPSA) is 50.5 Å². The van der Waals surface area contributed by atoms with Gasteiger partial charge in [0.2, 0.25) is 0 Å². The molecule has 2 aromatic heterocycles. The van der Waals surface area contributed by atoms with Crippen molar-refractivity contribution in [2.45, 2.75) is 19.3 Å². The van der Waals surface area contributed by atoms with Crippen molar-refractivity contribution >= 4 is 22.3 Å². The second kappa shape index (κ2) is 6.50. The van der Waals surface area contributed by atoms with E-state index in [4.69, 9.17) is 0 Å². The van der Waals surface area contributed by atoms with Crippen LogP contribution in [0.2, 0.25) is 0 Å². The lowest BCUT2D eigenvalue weighted by molar-refractivity contribution is 0.0726. The predicted octanol–water partition coefficient (Wildman–Crippen LogP) is 4.18. The number of carbonyl (C=O) groups is 1. The molecule has 1 fully saturated rings. The van der Waals surface area contributed by atoms with E-state index in [-0.39, 0.29) is 5.91 Å². The molecule has 4 aromatic rings. The largest absolute Gasteiger partial charge is 0.339 e. The number of carbonyl (C=O) groups excluding carboxylic acids is 1. The number of fused-ring (bicyclic) bond motifs is 3. The Morgan fingerprint density at radius 2 is 1.52 bits per heavy atom. The third kappa shape index (κ3) is 2.67. The number of amides is 1. The highest BCUT2D eigenvalue weighted by atomic mass is 16.2. The number of rotatable bonds is 2. The van der Waals surface area contributed by atoms with E-state index in [0.29, 0.717) is 0 Å². The molecule has 134 valence electrons. The highest BCUT2D eigenvalue weighted by molar-refractivity contribution is 6.10. The van der Waals surface area contributed by atoms with Crippen molar-refractivity contribution < 1.29 is 4.79 Å². The Balaban J connectivity index is 1.75. The quantitative estimate of drug-likeness (QED) is 0.541. The van der Waals surface area contributed by atoms with Crippen LogP contribution >= 0.6 is 0 Å². The van der Waals surface area contributed by atoms with Gasteiger partial charge in [-0.3, -0.25) is 9.20 Å². The fourth-order valence-electron chi connectivity index (χ4n) is 3.93. The standard InChI is InChI=1S/C22H20N4O/c27-22(25-13-7-2-8-14-25)19-15-26-20(16-9-3-1-4-10-16)23-24-21(26)18-12-6-5-11-17(18)19/h1,3-6,9-12,15H,2,7-8,13-14H2. The fourth-order valence-corrected chi connectivity index (χ4v) is 3.93. The number of aromatic nitrogens is 3. The molecule has 3 heterocycles. The number of benzene rings is 2. The first kappa shape index (κ1) is 16.0. The molecule has 0 saturated carbocycles. The third-order valence-electron chi connectivity index (χ3n) is 5.32. The van der Waals surface area contributed by atoms with Gasteiger partial charge in [0, 0.05) is 30.2 Å². The number of piperidine rings is 1. The molecule has 1 aliphatic heterocycles. The Morgan fingerprint density at radius 1 is 0.815 bits per heavy atom. The van der Waals surface area contributed by atoms with Gasteiger partial charge in [0.25, 0.3) is 5.91 Å². The molecule has 27 heavy (non-hydrogen) atoms. The van der Waals surface area contributed by atoms with Gasteiger partial charge in [0.05, 0.1) is 5.56 Å². The zero-order chi connectivity index (χ0) is 18.2. The zero-order valence-electron chi connectivity index (χ0n) is 15.0. The highest BCUT2D eigenvalue weighted by Crippen LogP contribution is 2.28. The van der Waals surface area contributed by atoms with Gasteiger partial charge >= 0.3 is 0 Å². The van der Waals surface area contributed by atoms with E-state index in [0.717, 1.165) is 59.3 Å². The second-order valence-corrected chi connectivity index (χ2v) is 7.02. The first-order chi connectivity index (χ1) is 13.3. The van der Waals surface area contributed by atoms with Crippen molar-refractivity contribution in [3.8, 4) is 11.4 Å². The molecule has 0 unspecified atom stereocenters. The molecule has 5 nitrogen and oxygen atoms in total. The maximum Gasteiger partial charge on any atom is 0.255 e. The van der Waals surface area contributed by atoms with Gasteiger partial charge < -0.3 is 4.90 Å². The molecule has 0 spiro atoms. The van der Waals surface area contributed by atoms with E-state index in [2.05, 4.69) is 10.2 Å². The van der Waals surface area contributed by atoms with Crippen molar-refractivity contribution in [2.75, 3.05) is 13.1 Å². The maximum atomic E-state index is 13.3. The minimum atomic E-state index is 0.0977. The molecular formula is C22H20N4O. The molecule has 0 N–H and O–H groups in total. The van der Waals surface area contributed by atoms with Crippen LogP contribution in [0.25, 0.3) is 27.8 Å². The van der Waals surface area contributed by atoms with Gasteiger partial charge in [-0.15, -0.1) is 10.2 Å². The van der Waals surface area contributed by atoms with Crippen molar-refractivity contribution in [1.82, 2.24) is 19.5 Å². The minimum Gasteiger partial charge on any atom is -0.339 e. The summed E-state index contributed by atoms with van der Waals surface area (Å²) in [6, 6.07) is 17.9. The summed E-state index contributed by atoms with van der Waals surface area (Å²) in [7, 11) is 0. The monoisotopic (exact) mass is 356 g/mol. The summed E-state index contributed by atoms with van der Waals surface area (Å²) in [5.41, 5.74) is 2.48. The van der Waals surface area contributed by atoms with Gasteiger partial charge in [-0.25, -0.2) is 0 Å². The molecule has 0 bridgehead atoms. The first-order valence-electron chi connectivity index (χ1n) is 9.44. The van der Waals surface area contributed by atoms with Crippen LogP contribution in [-0.2, 0) is 0 Å². The van der Waals surface area contributed by atoms with Gasteiger partial charge in [0.1, 0.15) is 0 Å². The van der Waals surface area contributed by atoms with Crippen LogP contribution in [0, 0.1) is 0 Å². The van der Waals surface area contributed by atoms with Gasteiger partial charge in [-0.1, -0.05) is 54.6 Å². The molecule has 1 amide bonds. The Hall–Kier alpha value is -3.21. The van der Waals surface area contributed by atoms with Crippen molar-refractivity contribution in [3.63, 3.8) is 0 Å². The fraction of sp³-hybridized carbons (Fsp3) is 0.227. The van der Waals surface area contributed by atoms with Crippen molar-refractivity contribution in [2.24, 2.45) is 0 Å². The van der Waals surface area contributed by atoms with Crippen LogP contribution in [0.15, 0.2) is 60.8 Å². The molecule has 0 atom stereocenters. The summed E-state index contributed by atoms with van der Waals surface area (Å²) < 4.78 is 1.95. The average Bonchev–Trinajstić information content (AvgIpc) is 3.18. The number of pyridine rings is 1. The lowest BCUT2D eigenvalue weighted by Crippen LogP contribution is -2.35. The summed E-state index contributed by atoms with van der Waals surface area (Å²) in [4.78, 5) is 15.3. The lowest BCUT2D eigenvalue weighted by atomic mass is 10.0. The Labute approximate surface area is 157 Å². The number of hydrogen-bond donors (Lipinski definition) is 0. The normalized spacial score (nSPS) is 14.7. The Kier molecular flexibility index (Phi) is 3.85. The van der Waals surface area contributed by atoms with E-state index < -0.39 is 0 Å². The maximum absolute atomic E-state index is 13.3. The molecule has 1 aliphatic rings. The summed E-state index contributed by atoms with van der Waals surface area (Å²) in [5, 5.41) is 10.7. The smallest absolute Gasteiger partial charge is 0.255 e. The third-order valence-corrected chi connectivity index (χ3v) is 5.32. The van der Waals surface area contributed by atoms with Crippen LogP contribution in [-0.4, -0.2) is 38.5 Å². The number of nitrogens with zero attached hydrogens (tertiary/aromatic N) is 4. The lowest BCUT2D eigenvalue weighted by Gasteiger charge is -2.27. The van der Waals surface area contributed by atoms with E-state index in [1.165, 1.54) is 6.42 Å².